The fraction of sp³-hybridized carbons (Fsp3) is 0.0588. The summed E-state index contributed by atoms with van der Waals surface area (Å²) in [6.45, 7) is 1.53. The van der Waals surface area contributed by atoms with Gasteiger partial charge in [-0.05, 0) is 0 Å². The monoisotopic (exact) mass is 390 g/mol. The van der Waals surface area contributed by atoms with Crippen molar-refractivity contribution in [2.75, 3.05) is 0 Å². The van der Waals surface area contributed by atoms with Crippen LogP contribution in [-0.4, -0.2) is 11.8 Å². The van der Waals surface area contributed by atoms with E-state index in [0.29, 0.717) is 11.1 Å². The Hall–Kier alpha value is -2.13. The van der Waals surface area contributed by atoms with Crippen molar-refractivity contribution in [3.63, 3.8) is 0 Å². The molecule has 21 heavy (non-hydrogen) atoms. The van der Waals surface area contributed by atoms with Crippen LogP contribution in [0.5, 0.6) is 0 Å². The zero-order valence-electron chi connectivity index (χ0n) is 11.2. The third-order valence-corrected chi connectivity index (χ3v) is 6.59. The SMILES string of the molecule is CC(=O)c1ccc(C#CI2OC(=O)c3ccccc32)cc1. The molecule has 0 saturated carbocycles. The van der Waals surface area contributed by atoms with E-state index < -0.39 is 20.2 Å². The van der Waals surface area contributed by atoms with Gasteiger partial charge >= 0.3 is 130 Å². The zero-order chi connectivity index (χ0) is 14.8. The van der Waals surface area contributed by atoms with Crippen LogP contribution in [0.15, 0.2) is 48.5 Å². The first-order valence-corrected chi connectivity index (χ1v) is 9.33. The standard InChI is InChI=1S/C17H11IO3/c1-12(19)14-8-6-13(7-9-14)10-11-18-16-5-3-2-4-15(16)17(20)21-18/h2-9H,1H3. The van der Waals surface area contributed by atoms with Crippen molar-refractivity contribution in [1.82, 2.24) is 0 Å². The number of ketones is 1. The molecule has 0 aliphatic carbocycles. The molecular weight excluding hydrogens is 379 g/mol. The summed E-state index contributed by atoms with van der Waals surface area (Å²) in [6, 6.07) is 14.5. The molecule has 0 saturated heterocycles. The van der Waals surface area contributed by atoms with Gasteiger partial charge in [0.1, 0.15) is 0 Å². The summed E-state index contributed by atoms with van der Waals surface area (Å²) < 4.78 is 9.48. The molecule has 0 aromatic heterocycles. The molecule has 0 radical (unpaired) electrons. The number of benzene rings is 2. The van der Waals surface area contributed by atoms with Gasteiger partial charge in [0.2, 0.25) is 0 Å². The van der Waals surface area contributed by atoms with E-state index in [9.17, 15) is 9.59 Å². The van der Waals surface area contributed by atoms with Gasteiger partial charge in [-0.1, -0.05) is 0 Å². The molecule has 1 heterocycles. The topological polar surface area (TPSA) is 43.4 Å². The Labute approximate surface area is 130 Å². The van der Waals surface area contributed by atoms with Crippen LogP contribution in [0.2, 0.25) is 0 Å². The second kappa shape index (κ2) is 5.70. The number of fused-ring (bicyclic) bond motifs is 1. The summed E-state index contributed by atoms with van der Waals surface area (Å²) in [5, 5.41) is 0. The van der Waals surface area contributed by atoms with Crippen LogP contribution in [0, 0.1) is 13.4 Å². The zero-order valence-corrected chi connectivity index (χ0v) is 13.4. The van der Waals surface area contributed by atoms with Crippen LogP contribution in [0.1, 0.15) is 33.2 Å². The summed E-state index contributed by atoms with van der Waals surface area (Å²) in [7, 11) is 0. The number of hydrogen-bond donors (Lipinski definition) is 0. The molecule has 0 N–H and O–H groups in total. The Bertz CT molecular complexity index is 782. The van der Waals surface area contributed by atoms with E-state index in [4.69, 9.17) is 3.07 Å². The molecule has 2 aromatic carbocycles. The molecule has 3 rings (SSSR count). The molecule has 0 amide bonds. The van der Waals surface area contributed by atoms with Gasteiger partial charge in [0, 0.05) is 0 Å². The molecule has 4 heteroatoms. The van der Waals surface area contributed by atoms with E-state index in [1.54, 1.807) is 18.2 Å². The summed E-state index contributed by atoms with van der Waals surface area (Å²) in [5.41, 5.74) is 2.12. The number of carbonyl (C=O) groups excluding carboxylic acids is 2. The normalized spacial score (nSPS) is 14.0. The number of rotatable bonds is 1. The van der Waals surface area contributed by atoms with Gasteiger partial charge in [-0.15, -0.1) is 0 Å². The Balaban J connectivity index is 1.86. The van der Waals surface area contributed by atoms with Crippen molar-refractivity contribution in [2.45, 2.75) is 6.92 Å². The van der Waals surface area contributed by atoms with Crippen molar-refractivity contribution in [1.29, 1.82) is 0 Å². The Morgan fingerprint density at radius 2 is 1.81 bits per heavy atom. The van der Waals surface area contributed by atoms with Gasteiger partial charge in [-0.2, -0.15) is 0 Å². The van der Waals surface area contributed by atoms with E-state index in [1.165, 1.54) is 6.92 Å². The molecule has 2 aromatic rings. The molecular formula is C17H11IO3. The van der Waals surface area contributed by atoms with E-state index in [-0.39, 0.29) is 11.8 Å². The Morgan fingerprint density at radius 3 is 2.52 bits per heavy atom. The number of hydrogen-bond acceptors (Lipinski definition) is 3. The van der Waals surface area contributed by atoms with E-state index in [1.807, 2.05) is 30.3 Å². The van der Waals surface area contributed by atoms with Crippen LogP contribution >= 0.6 is 20.2 Å². The predicted molar refractivity (Wildman–Crippen MR) is 87.9 cm³/mol. The molecule has 0 bridgehead atoms. The number of Topliss-reactive ketones (excluding diaryl/α,β-unsaturated/α-hetero) is 1. The molecule has 0 atom stereocenters. The fourth-order valence-electron chi connectivity index (χ4n) is 1.89. The summed E-state index contributed by atoms with van der Waals surface area (Å²) in [6.07, 6.45) is 0. The maximum absolute atomic E-state index is 11.7. The van der Waals surface area contributed by atoms with Crippen molar-refractivity contribution >= 4 is 32.0 Å². The van der Waals surface area contributed by atoms with E-state index in [2.05, 4.69) is 9.85 Å². The van der Waals surface area contributed by atoms with Gasteiger partial charge < -0.3 is 0 Å². The van der Waals surface area contributed by atoms with Gasteiger partial charge in [-0.3, -0.25) is 0 Å². The first-order valence-electron chi connectivity index (χ1n) is 6.29. The van der Waals surface area contributed by atoms with Gasteiger partial charge in [-0.25, -0.2) is 0 Å². The van der Waals surface area contributed by atoms with Gasteiger partial charge in [0.25, 0.3) is 0 Å². The first kappa shape index (κ1) is 13.8. The third-order valence-electron chi connectivity index (χ3n) is 2.99. The third kappa shape index (κ3) is 2.83. The second-order valence-corrected chi connectivity index (χ2v) is 8.01. The molecule has 0 spiro atoms. The van der Waals surface area contributed by atoms with Crippen LogP contribution in [-0.2, 0) is 3.07 Å². The second-order valence-electron chi connectivity index (χ2n) is 4.45. The quantitative estimate of drug-likeness (QED) is 0.424. The minimum atomic E-state index is -2.21. The summed E-state index contributed by atoms with van der Waals surface area (Å²) in [5.74, 6) is 2.81. The van der Waals surface area contributed by atoms with Crippen LogP contribution in [0.3, 0.4) is 0 Å². The first-order chi connectivity index (χ1) is 10.1. The minimum absolute atomic E-state index is 0.0312. The van der Waals surface area contributed by atoms with Crippen LogP contribution in [0.25, 0.3) is 0 Å². The Kier molecular flexibility index (Phi) is 3.76. The van der Waals surface area contributed by atoms with Crippen molar-refractivity contribution in [2.24, 2.45) is 0 Å². The molecule has 104 valence electrons. The fourth-order valence-corrected chi connectivity index (χ4v) is 5.18. The summed E-state index contributed by atoms with van der Waals surface area (Å²) in [4.78, 5) is 22.9. The molecule has 0 unspecified atom stereocenters. The van der Waals surface area contributed by atoms with E-state index >= 15 is 0 Å². The van der Waals surface area contributed by atoms with Crippen LogP contribution in [0.4, 0.5) is 0 Å². The Morgan fingerprint density at radius 1 is 1.10 bits per heavy atom. The van der Waals surface area contributed by atoms with Gasteiger partial charge in [0.15, 0.2) is 0 Å². The average Bonchev–Trinajstić information content (AvgIpc) is 2.83. The predicted octanol–water partition coefficient (Wildman–Crippen LogP) is 3.66. The van der Waals surface area contributed by atoms with Gasteiger partial charge in [0.05, 0.1) is 0 Å². The molecule has 0 fully saturated rings. The number of halogens is 1. The average molecular weight is 390 g/mol. The molecule has 3 nitrogen and oxygen atoms in total. The number of carbonyl (C=O) groups is 2. The molecule has 1 aliphatic heterocycles. The van der Waals surface area contributed by atoms with Crippen molar-refractivity contribution in [3.8, 4) is 9.85 Å². The van der Waals surface area contributed by atoms with E-state index in [0.717, 1.165) is 9.13 Å². The summed E-state index contributed by atoms with van der Waals surface area (Å²) >= 11 is -2.21. The van der Waals surface area contributed by atoms with Crippen molar-refractivity contribution < 1.29 is 12.7 Å². The maximum atomic E-state index is 11.7. The van der Waals surface area contributed by atoms with Crippen molar-refractivity contribution in [3.05, 3.63) is 68.8 Å². The van der Waals surface area contributed by atoms with Crippen LogP contribution < -0.4 is 0 Å². The molecule has 1 aliphatic rings.